The summed E-state index contributed by atoms with van der Waals surface area (Å²) >= 11 is 0. The fraction of sp³-hybridized carbons (Fsp3) is 0.727. The number of β-amino-alcohol motifs (C(OH)–C–C–N with tert-alkyl or cyclic N) is 1. The van der Waals surface area contributed by atoms with E-state index < -0.39 is 17.8 Å². The zero-order chi connectivity index (χ0) is 20.4. The molecule has 1 aliphatic heterocycles. The SMILES string of the molecule is Cl.OC(COCC1CC2CCC1C2)CN1CCN(c2cccc(C(F)(F)F)c2)CC1. The van der Waals surface area contributed by atoms with Crippen molar-refractivity contribution in [3.8, 4) is 0 Å². The minimum atomic E-state index is -4.32. The molecule has 4 nitrogen and oxygen atoms in total. The predicted octanol–water partition coefficient (Wildman–Crippen LogP) is 4.06. The van der Waals surface area contributed by atoms with E-state index in [2.05, 4.69) is 4.90 Å². The molecule has 170 valence electrons. The van der Waals surface area contributed by atoms with E-state index in [0.29, 0.717) is 37.8 Å². The lowest BCUT2D eigenvalue weighted by molar-refractivity contribution is -0.137. The van der Waals surface area contributed by atoms with Gasteiger partial charge in [-0.05, 0) is 55.2 Å². The number of hydrogen-bond donors (Lipinski definition) is 1. The topological polar surface area (TPSA) is 35.9 Å². The summed E-state index contributed by atoms with van der Waals surface area (Å²) in [5.41, 5.74) is -0.00490. The van der Waals surface area contributed by atoms with Gasteiger partial charge in [-0.2, -0.15) is 13.2 Å². The van der Waals surface area contributed by atoms with Gasteiger partial charge < -0.3 is 14.7 Å². The van der Waals surface area contributed by atoms with Crippen LogP contribution in [0, 0.1) is 17.8 Å². The highest BCUT2D eigenvalue weighted by molar-refractivity contribution is 5.85. The Labute approximate surface area is 182 Å². The molecule has 3 aliphatic rings. The lowest BCUT2D eigenvalue weighted by Gasteiger charge is -2.37. The Morgan fingerprint density at radius 1 is 1.10 bits per heavy atom. The van der Waals surface area contributed by atoms with Crippen molar-refractivity contribution in [3.05, 3.63) is 29.8 Å². The van der Waals surface area contributed by atoms with Crippen LogP contribution in [0.1, 0.15) is 31.2 Å². The summed E-state index contributed by atoms with van der Waals surface area (Å²) in [5.74, 6) is 2.42. The number of alkyl halides is 3. The second-order valence-corrected chi connectivity index (χ2v) is 8.96. The van der Waals surface area contributed by atoms with Gasteiger partial charge in [-0.25, -0.2) is 0 Å². The summed E-state index contributed by atoms with van der Waals surface area (Å²) < 4.78 is 44.6. The van der Waals surface area contributed by atoms with Crippen molar-refractivity contribution in [1.82, 2.24) is 4.90 Å². The molecule has 2 bridgehead atoms. The molecule has 3 fully saturated rings. The van der Waals surface area contributed by atoms with Crippen molar-refractivity contribution >= 4 is 18.1 Å². The van der Waals surface area contributed by atoms with Crippen molar-refractivity contribution < 1.29 is 23.0 Å². The lowest BCUT2D eigenvalue weighted by Crippen LogP contribution is -2.49. The molecule has 1 N–H and O–H groups in total. The molecule has 2 saturated carbocycles. The van der Waals surface area contributed by atoms with Gasteiger partial charge in [-0.1, -0.05) is 12.5 Å². The zero-order valence-corrected chi connectivity index (χ0v) is 18.0. The first-order valence-corrected chi connectivity index (χ1v) is 10.8. The first-order chi connectivity index (χ1) is 13.9. The first kappa shape index (κ1) is 23.6. The van der Waals surface area contributed by atoms with Crippen LogP contribution in [-0.2, 0) is 10.9 Å². The van der Waals surface area contributed by atoms with Crippen LogP contribution in [0.3, 0.4) is 0 Å². The molecule has 0 amide bonds. The number of aliphatic hydroxyl groups is 1. The molecule has 0 spiro atoms. The van der Waals surface area contributed by atoms with Crippen molar-refractivity contribution in [2.75, 3.05) is 50.8 Å². The normalized spacial score (nSPS) is 27.9. The fourth-order valence-electron chi connectivity index (χ4n) is 5.35. The Bertz CT molecular complexity index is 683. The molecule has 1 saturated heterocycles. The molecular weight excluding hydrogens is 417 g/mol. The van der Waals surface area contributed by atoms with Crippen LogP contribution in [0.15, 0.2) is 24.3 Å². The Kier molecular flexibility index (Phi) is 7.93. The molecule has 4 rings (SSSR count). The standard InChI is InChI=1S/C22H31F3N2O2.ClH/c23-22(24,25)19-2-1-3-20(12-19)27-8-6-26(7-9-27)13-21(28)15-29-14-18-11-16-4-5-17(18)10-16;/h1-3,12,16-18,21,28H,4-11,13-15H2;1H. The highest BCUT2D eigenvalue weighted by Crippen LogP contribution is 2.48. The summed E-state index contributed by atoms with van der Waals surface area (Å²) in [6, 6.07) is 5.51. The predicted molar refractivity (Wildman–Crippen MR) is 113 cm³/mol. The van der Waals surface area contributed by atoms with Crippen LogP contribution in [0.5, 0.6) is 0 Å². The van der Waals surface area contributed by atoms with Gasteiger partial charge >= 0.3 is 6.18 Å². The van der Waals surface area contributed by atoms with E-state index in [1.54, 1.807) is 6.07 Å². The third-order valence-electron chi connectivity index (χ3n) is 6.91. The highest BCUT2D eigenvalue weighted by Gasteiger charge is 2.39. The molecule has 4 atom stereocenters. The number of halogens is 4. The Morgan fingerprint density at radius 3 is 2.50 bits per heavy atom. The molecular formula is C22H32ClF3N2O2. The number of nitrogens with zero attached hydrogens (tertiary/aromatic N) is 2. The van der Waals surface area contributed by atoms with Crippen LogP contribution in [0.2, 0.25) is 0 Å². The third kappa shape index (κ3) is 5.81. The summed E-state index contributed by atoms with van der Waals surface area (Å²) in [7, 11) is 0. The van der Waals surface area contributed by atoms with E-state index in [4.69, 9.17) is 4.74 Å². The molecule has 4 unspecified atom stereocenters. The van der Waals surface area contributed by atoms with Gasteiger partial charge in [0, 0.05) is 45.0 Å². The average molecular weight is 449 g/mol. The Morgan fingerprint density at radius 2 is 1.87 bits per heavy atom. The van der Waals surface area contributed by atoms with Gasteiger partial charge in [0.25, 0.3) is 0 Å². The monoisotopic (exact) mass is 448 g/mol. The van der Waals surface area contributed by atoms with Crippen LogP contribution < -0.4 is 4.90 Å². The maximum atomic E-state index is 12.9. The van der Waals surface area contributed by atoms with Crippen LogP contribution in [0.4, 0.5) is 18.9 Å². The highest BCUT2D eigenvalue weighted by atomic mass is 35.5. The number of anilines is 1. The molecule has 30 heavy (non-hydrogen) atoms. The number of piperazine rings is 1. The second-order valence-electron chi connectivity index (χ2n) is 8.96. The number of fused-ring (bicyclic) bond motifs is 2. The molecule has 1 aromatic rings. The van der Waals surface area contributed by atoms with Gasteiger partial charge in [0.2, 0.25) is 0 Å². The molecule has 0 radical (unpaired) electrons. The maximum Gasteiger partial charge on any atom is 0.416 e. The van der Waals surface area contributed by atoms with Gasteiger partial charge in [-0.15, -0.1) is 12.4 Å². The number of hydrogen-bond acceptors (Lipinski definition) is 4. The number of rotatable bonds is 7. The van der Waals surface area contributed by atoms with E-state index in [1.807, 2.05) is 4.90 Å². The van der Waals surface area contributed by atoms with Crippen LogP contribution >= 0.6 is 12.4 Å². The molecule has 2 aliphatic carbocycles. The maximum absolute atomic E-state index is 12.9. The van der Waals surface area contributed by atoms with Crippen LogP contribution in [-0.4, -0.2) is 62.0 Å². The molecule has 1 aromatic carbocycles. The van der Waals surface area contributed by atoms with E-state index in [0.717, 1.165) is 37.6 Å². The minimum absolute atomic E-state index is 0. The number of aliphatic hydroxyl groups excluding tert-OH is 1. The lowest BCUT2D eigenvalue weighted by atomic mass is 9.90. The number of benzene rings is 1. The molecule has 0 aromatic heterocycles. The third-order valence-corrected chi connectivity index (χ3v) is 6.91. The summed E-state index contributed by atoms with van der Waals surface area (Å²) in [5, 5.41) is 10.3. The average Bonchev–Trinajstić information content (AvgIpc) is 3.31. The van der Waals surface area contributed by atoms with Crippen molar-refractivity contribution in [1.29, 1.82) is 0 Å². The smallest absolute Gasteiger partial charge is 0.389 e. The molecule has 8 heteroatoms. The minimum Gasteiger partial charge on any atom is -0.389 e. The van der Waals surface area contributed by atoms with E-state index in [1.165, 1.54) is 37.8 Å². The largest absolute Gasteiger partial charge is 0.416 e. The second kappa shape index (κ2) is 10.1. The van der Waals surface area contributed by atoms with Gasteiger partial charge in [-0.3, -0.25) is 4.90 Å². The quantitative estimate of drug-likeness (QED) is 0.682. The van der Waals surface area contributed by atoms with Crippen molar-refractivity contribution in [3.63, 3.8) is 0 Å². The first-order valence-electron chi connectivity index (χ1n) is 10.8. The summed E-state index contributed by atoms with van der Waals surface area (Å²) in [6.07, 6.45) is 0.548. The van der Waals surface area contributed by atoms with Crippen molar-refractivity contribution in [2.45, 2.75) is 38.0 Å². The van der Waals surface area contributed by atoms with E-state index >= 15 is 0 Å². The Hall–Kier alpha value is -1.02. The van der Waals surface area contributed by atoms with Gasteiger partial charge in [0.15, 0.2) is 0 Å². The van der Waals surface area contributed by atoms with Gasteiger partial charge in [0.1, 0.15) is 0 Å². The van der Waals surface area contributed by atoms with Crippen LogP contribution in [0.25, 0.3) is 0 Å². The molecule has 1 heterocycles. The Balaban J connectivity index is 0.00000256. The fourth-order valence-corrected chi connectivity index (χ4v) is 5.35. The van der Waals surface area contributed by atoms with Crippen molar-refractivity contribution in [2.24, 2.45) is 17.8 Å². The van der Waals surface area contributed by atoms with E-state index in [9.17, 15) is 18.3 Å². The van der Waals surface area contributed by atoms with E-state index in [-0.39, 0.29) is 12.4 Å². The summed E-state index contributed by atoms with van der Waals surface area (Å²) in [4.78, 5) is 4.14. The number of ether oxygens (including phenoxy) is 1. The summed E-state index contributed by atoms with van der Waals surface area (Å²) in [6.45, 7) is 4.43. The van der Waals surface area contributed by atoms with Gasteiger partial charge in [0.05, 0.1) is 18.3 Å². The zero-order valence-electron chi connectivity index (χ0n) is 17.2.